The number of nitrogens with one attached hydrogen (secondary N) is 3. The van der Waals surface area contributed by atoms with Gasteiger partial charge >= 0.3 is 5.97 Å². The molecule has 3 N–H and O–H groups in total. The van der Waals surface area contributed by atoms with E-state index in [0.717, 1.165) is 12.0 Å². The van der Waals surface area contributed by atoms with Gasteiger partial charge in [-0.25, -0.2) is 0 Å². The molecular weight excluding hydrogens is 244 g/mol. The van der Waals surface area contributed by atoms with Crippen molar-refractivity contribution >= 4 is 30.0 Å². The zero-order chi connectivity index (χ0) is 12.0. The number of halogens is 1. The average molecular weight is 261 g/mol. The minimum Gasteiger partial charge on any atom is -0.466 e. The number of aromatic nitrogens is 2. The summed E-state index contributed by atoms with van der Waals surface area (Å²) in [6.45, 7) is 4.05. The summed E-state index contributed by atoms with van der Waals surface area (Å²) in [5.74, 6) is 0.269. The Morgan fingerprint density at radius 2 is 2.29 bits per heavy atom. The fourth-order valence-corrected chi connectivity index (χ4v) is 1.24. The van der Waals surface area contributed by atoms with Crippen molar-refractivity contribution in [2.24, 2.45) is 0 Å². The van der Waals surface area contributed by atoms with Crippen LogP contribution in [0.2, 0.25) is 0 Å². The van der Waals surface area contributed by atoms with E-state index in [-0.39, 0.29) is 24.7 Å². The Labute approximate surface area is 106 Å². The molecule has 0 aromatic carbocycles. The van der Waals surface area contributed by atoms with Gasteiger partial charge in [0.2, 0.25) is 0 Å². The number of anilines is 1. The third kappa shape index (κ3) is 4.86. The monoisotopic (exact) mass is 260 g/mol. The maximum Gasteiger partial charge on any atom is 0.313 e. The summed E-state index contributed by atoms with van der Waals surface area (Å²) in [7, 11) is 0. The molecule has 0 radical (unpaired) electrons. The molecule has 17 heavy (non-hydrogen) atoms. The largest absolute Gasteiger partial charge is 0.466 e. The molecular formula is C10H17ClN4O2. The number of rotatable bonds is 5. The summed E-state index contributed by atoms with van der Waals surface area (Å²) in [4.78, 5) is 11.1. The number of hydrogen-bond acceptors (Lipinski definition) is 4. The molecule has 0 amide bonds. The van der Waals surface area contributed by atoms with Gasteiger partial charge in [0.05, 0.1) is 6.61 Å². The number of ether oxygens (including phenoxy) is 1. The lowest BCUT2D eigenvalue weighted by molar-refractivity contribution is -0.141. The fourth-order valence-electron chi connectivity index (χ4n) is 1.24. The van der Waals surface area contributed by atoms with Crippen LogP contribution in [-0.4, -0.2) is 28.6 Å². The molecule has 7 heteroatoms. The van der Waals surface area contributed by atoms with Crippen molar-refractivity contribution in [1.82, 2.24) is 10.2 Å². The summed E-state index contributed by atoms with van der Waals surface area (Å²) < 4.78 is 4.74. The SMILES string of the molecule is CCOC(=O)CC(=N)Nc1n[nH]cc1CC.Cl. The van der Waals surface area contributed by atoms with Gasteiger partial charge in [-0.3, -0.25) is 15.3 Å². The van der Waals surface area contributed by atoms with Crippen LogP contribution in [-0.2, 0) is 16.0 Å². The number of aromatic amines is 1. The molecule has 0 saturated heterocycles. The molecule has 0 unspecified atom stereocenters. The van der Waals surface area contributed by atoms with Crippen LogP contribution in [0.25, 0.3) is 0 Å². The highest BCUT2D eigenvalue weighted by Gasteiger charge is 2.10. The number of esters is 1. The molecule has 0 saturated carbocycles. The standard InChI is InChI=1S/C10H16N4O2.ClH/c1-3-7-6-12-14-10(7)13-8(11)5-9(15)16-4-2;/h6H,3-5H2,1-2H3,(H3,11,12,13,14);1H. The van der Waals surface area contributed by atoms with Crippen LogP contribution < -0.4 is 5.32 Å². The second-order valence-electron chi connectivity index (χ2n) is 3.20. The van der Waals surface area contributed by atoms with Crippen LogP contribution in [0.5, 0.6) is 0 Å². The van der Waals surface area contributed by atoms with E-state index in [0.29, 0.717) is 12.4 Å². The molecule has 6 nitrogen and oxygen atoms in total. The molecule has 0 aliphatic rings. The highest BCUT2D eigenvalue weighted by Crippen LogP contribution is 2.11. The first-order valence-electron chi connectivity index (χ1n) is 5.20. The molecule has 0 atom stereocenters. The van der Waals surface area contributed by atoms with E-state index in [1.165, 1.54) is 0 Å². The van der Waals surface area contributed by atoms with Crippen molar-refractivity contribution in [3.05, 3.63) is 11.8 Å². The van der Waals surface area contributed by atoms with E-state index < -0.39 is 5.97 Å². The number of nitrogens with zero attached hydrogens (tertiary/aromatic N) is 1. The Kier molecular flexibility index (Phi) is 6.97. The van der Waals surface area contributed by atoms with E-state index in [4.69, 9.17) is 10.1 Å². The van der Waals surface area contributed by atoms with Crippen molar-refractivity contribution in [3.8, 4) is 0 Å². The first-order valence-corrected chi connectivity index (χ1v) is 5.20. The zero-order valence-corrected chi connectivity index (χ0v) is 10.7. The van der Waals surface area contributed by atoms with Gasteiger partial charge in [-0.2, -0.15) is 5.10 Å². The van der Waals surface area contributed by atoms with Crippen LogP contribution in [0.1, 0.15) is 25.8 Å². The summed E-state index contributed by atoms with van der Waals surface area (Å²) in [6.07, 6.45) is 2.51. The predicted octanol–water partition coefficient (Wildman–Crippen LogP) is 1.74. The van der Waals surface area contributed by atoms with Crippen LogP contribution in [0.4, 0.5) is 5.82 Å². The second kappa shape index (κ2) is 7.67. The smallest absolute Gasteiger partial charge is 0.313 e. The molecule has 0 aliphatic carbocycles. The Balaban J connectivity index is 0.00000256. The number of amidine groups is 1. The summed E-state index contributed by atoms with van der Waals surface area (Å²) >= 11 is 0. The Bertz CT molecular complexity index is 378. The van der Waals surface area contributed by atoms with E-state index in [1.807, 2.05) is 6.92 Å². The first-order chi connectivity index (χ1) is 7.67. The number of hydrogen-bond donors (Lipinski definition) is 3. The molecule has 1 aromatic rings. The maximum atomic E-state index is 11.1. The van der Waals surface area contributed by atoms with Crippen molar-refractivity contribution in [2.75, 3.05) is 11.9 Å². The van der Waals surface area contributed by atoms with Gasteiger partial charge in [-0.05, 0) is 13.3 Å². The van der Waals surface area contributed by atoms with Gasteiger partial charge in [0.15, 0.2) is 5.82 Å². The molecule has 1 heterocycles. The van der Waals surface area contributed by atoms with Crippen LogP contribution >= 0.6 is 12.4 Å². The quantitative estimate of drug-likeness (QED) is 0.427. The normalized spacial score (nSPS) is 9.29. The van der Waals surface area contributed by atoms with Crippen LogP contribution in [0.3, 0.4) is 0 Å². The molecule has 1 rings (SSSR count). The number of carbonyl (C=O) groups excluding carboxylic acids is 1. The minimum absolute atomic E-state index is 0. The number of aryl methyl sites for hydroxylation is 1. The van der Waals surface area contributed by atoms with Crippen molar-refractivity contribution in [2.45, 2.75) is 26.7 Å². The topological polar surface area (TPSA) is 90.9 Å². The molecule has 96 valence electrons. The van der Waals surface area contributed by atoms with Gasteiger partial charge in [0.1, 0.15) is 12.3 Å². The molecule has 1 aromatic heterocycles. The van der Waals surface area contributed by atoms with Crippen molar-refractivity contribution < 1.29 is 9.53 Å². The van der Waals surface area contributed by atoms with E-state index in [9.17, 15) is 4.79 Å². The second-order valence-corrected chi connectivity index (χ2v) is 3.20. The third-order valence-corrected chi connectivity index (χ3v) is 2.00. The van der Waals surface area contributed by atoms with Crippen LogP contribution in [0, 0.1) is 5.41 Å². The van der Waals surface area contributed by atoms with Gasteiger partial charge < -0.3 is 10.1 Å². The van der Waals surface area contributed by atoms with Gasteiger partial charge in [-0.1, -0.05) is 6.92 Å². The van der Waals surface area contributed by atoms with Crippen molar-refractivity contribution in [1.29, 1.82) is 5.41 Å². The Morgan fingerprint density at radius 3 is 2.88 bits per heavy atom. The van der Waals surface area contributed by atoms with Crippen LogP contribution in [0.15, 0.2) is 6.20 Å². The summed E-state index contributed by atoms with van der Waals surface area (Å²) in [5.41, 5.74) is 0.980. The Morgan fingerprint density at radius 1 is 1.59 bits per heavy atom. The lowest BCUT2D eigenvalue weighted by Gasteiger charge is -2.06. The zero-order valence-electron chi connectivity index (χ0n) is 9.87. The first kappa shape index (κ1) is 15.4. The van der Waals surface area contributed by atoms with Gasteiger partial charge in [0.25, 0.3) is 0 Å². The number of carbonyl (C=O) groups is 1. The predicted molar refractivity (Wildman–Crippen MR) is 67.8 cm³/mol. The average Bonchev–Trinajstić information content (AvgIpc) is 2.65. The molecule has 0 fully saturated rings. The molecule has 0 spiro atoms. The lowest BCUT2D eigenvalue weighted by Crippen LogP contribution is -2.18. The highest BCUT2D eigenvalue weighted by atomic mass is 35.5. The van der Waals surface area contributed by atoms with E-state index in [1.54, 1.807) is 13.1 Å². The van der Waals surface area contributed by atoms with Gasteiger partial charge in [0, 0.05) is 11.8 Å². The highest BCUT2D eigenvalue weighted by molar-refractivity contribution is 6.03. The lowest BCUT2D eigenvalue weighted by atomic mass is 10.2. The maximum absolute atomic E-state index is 11.1. The Hall–Kier alpha value is -1.56. The molecule has 0 bridgehead atoms. The third-order valence-electron chi connectivity index (χ3n) is 2.00. The van der Waals surface area contributed by atoms with E-state index in [2.05, 4.69) is 15.5 Å². The van der Waals surface area contributed by atoms with Crippen molar-refractivity contribution in [3.63, 3.8) is 0 Å². The summed E-state index contributed by atoms with van der Waals surface area (Å²) in [5, 5.41) is 17.0. The van der Waals surface area contributed by atoms with Gasteiger partial charge in [-0.15, -0.1) is 12.4 Å². The molecule has 0 aliphatic heterocycles. The fraction of sp³-hybridized carbons (Fsp3) is 0.500. The number of H-pyrrole nitrogens is 1. The van der Waals surface area contributed by atoms with E-state index >= 15 is 0 Å². The summed E-state index contributed by atoms with van der Waals surface area (Å²) in [6, 6.07) is 0. The minimum atomic E-state index is -0.409.